The first kappa shape index (κ1) is 17.3. The van der Waals surface area contributed by atoms with Crippen LogP contribution in [-0.4, -0.2) is 57.8 Å². The summed E-state index contributed by atoms with van der Waals surface area (Å²) in [6.07, 6.45) is 3.29. The lowest BCUT2D eigenvalue weighted by Gasteiger charge is -2.22. The number of fused-ring (bicyclic) bond motifs is 1. The summed E-state index contributed by atoms with van der Waals surface area (Å²) in [5.41, 5.74) is 1.58. The number of amides is 2. The lowest BCUT2D eigenvalue weighted by atomic mass is 10.1. The number of rotatable bonds is 4. The van der Waals surface area contributed by atoms with Gasteiger partial charge in [-0.15, -0.1) is 0 Å². The zero-order valence-corrected chi connectivity index (χ0v) is 14.5. The Hall–Kier alpha value is -2.57. The minimum absolute atomic E-state index is 0.0631. The Morgan fingerprint density at radius 2 is 1.76 bits per heavy atom. The van der Waals surface area contributed by atoms with Crippen LogP contribution >= 0.6 is 0 Å². The quantitative estimate of drug-likeness (QED) is 0.885. The Morgan fingerprint density at radius 3 is 2.56 bits per heavy atom. The molecule has 1 fully saturated rings. The van der Waals surface area contributed by atoms with Gasteiger partial charge in [-0.1, -0.05) is 13.3 Å². The summed E-state index contributed by atoms with van der Waals surface area (Å²) in [4.78, 5) is 45.3. The van der Waals surface area contributed by atoms with Crippen molar-refractivity contribution in [1.82, 2.24) is 19.8 Å². The molecule has 1 aliphatic rings. The van der Waals surface area contributed by atoms with E-state index in [4.69, 9.17) is 0 Å². The SMILES string of the molecule is CCCCC(=O)N1CCCN(C(=O)c2ccc3[nH]c(=O)[nH]c3c2)CC1. The van der Waals surface area contributed by atoms with Crippen molar-refractivity contribution in [2.45, 2.75) is 32.6 Å². The van der Waals surface area contributed by atoms with Gasteiger partial charge in [0.25, 0.3) is 5.91 Å². The van der Waals surface area contributed by atoms with Gasteiger partial charge < -0.3 is 19.8 Å². The Bertz CT molecular complexity index is 823. The normalized spacial score (nSPS) is 15.4. The van der Waals surface area contributed by atoms with Gasteiger partial charge in [-0.05, 0) is 31.0 Å². The highest BCUT2D eigenvalue weighted by molar-refractivity contribution is 5.97. The van der Waals surface area contributed by atoms with Crippen LogP contribution in [0.2, 0.25) is 0 Å². The predicted molar refractivity (Wildman–Crippen MR) is 95.5 cm³/mol. The van der Waals surface area contributed by atoms with Crippen molar-refractivity contribution in [3.8, 4) is 0 Å². The largest absolute Gasteiger partial charge is 0.341 e. The average Bonchev–Trinajstić information content (AvgIpc) is 2.82. The first-order valence-electron chi connectivity index (χ1n) is 8.87. The number of aromatic amines is 2. The van der Waals surface area contributed by atoms with Crippen molar-refractivity contribution in [2.75, 3.05) is 26.2 Å². The van der Waals surface area contributed by atoms with Gasteiger partial charge in [0.05, 0.1) is 11.0 Å². The average molecular weight is 344 g/mol. The number of nitrogens with one attached hydrogen (secondary N) is 2. The fourth-order valence-corrected chi connectivity index (χ4v) is 3.20. The Morgan fingerprint density at radius 1 is 1.04 bits per heavy atom. The molecule has 1 aromatic heterocycles. The van der Waals surface area contributed by atoms with Crippen LogP contribution in [0.5, 0.6) is 0 Å². The number of aromatic nitrogens is 2. The van der Waals surface area contributed by atoms with Crippen LogP contribution in [0.4, 0.5) is 0 Å². The van der Waals surface area contributed by atoms with Crippen molar-refractivity contribution in [3.63, 3.8) is 0 Å². The fraction of sp³-hybridized carbons (Fsp3) is 0.500. The van der Waals surface area contributed by atoms with Crippen molar-refractivity contribution < 1.29 is 9.59 Å². The van der Waals surface area contributed by atoms with Gasteiger partial charge >= 0.3 is 5.69 Å². The van der Waals surface area contributed by atoms with Gasteiger partial charge in [0.1, 0.15) is 0 Å². The molecule has 2 aromatic rings. The number of nitrogens with zero attached hydrogens (tertiary/aromatic N) is 2. The summed E-state index contributed by atoms with van der Waals surface area (Å²) < 4.78 is 0. The molecule has 0 spiro atoms. The van der Waals surface area contributed by atoms with Gasteiger partial charge in [0, 0.05) is 38.2 Å². The van der Waals surface area contributed by atoms with E-state index in [0.29, 0.717) is 49.2 Å². The number of hydrogen-bond donors (Lipinski definition) is 2. The van der Waals surface area contributed by atoms with Gasteiger partial charge in [0.15, 0.2) is 0 Å². The second kappa shape index (κ2) is 7.55. The van der Waals surface area contributed by atoms with E-state index in [1.54, 1.807) is 23.1 Å². The van der Waals surface area contributed by atoms with E-state index in [9.17, 15) is 14.4 Å². The van der Waals surface area contributed by atoms with Crippen LogP contribution in [-0.2, 0) is 4.79 Å². The lowest BCUT2D eigenvalue weighted by molar-refractivity contribution is -0.131. The molecule has 1 saturated heterocycles. The third-order valence-corrected chi connectivity index (χ3v) is 4.64. The molecule has 1 aliphatic heterocycles. The molecule has 0 radical (unpaired) electrons. The number of carbonyl (C=O) groups excluding carboxylic acids is 2. The molecular weight excluding hydrogens is 320 g/mol. The van der Waals surface area contributed by atoms with Gasteiger partial charge in [0.2, 0.25) is 5.91 Å². The lowest BCUT2D eigenvalue weighted by Crippen LogP contribution is -2.37. The summed E-state index contributed by atoms with van der Waals surface area (Å²) in [6.45, 7) is 4.54. The second-order valence-electron chi connectivity index (χ2n) is 6.47. The van der Waals surface area contributed by atoms with Gasteiger partial charge in [-0.3, -0.25) is 9.59 Å². The Kier molecular flexibility index (Phi) is 5.21. The van der Waals surface area contributed by atoms with E-state index in [0.717, 1.165) is 19.3 Å². The standard InChI is InChI=1S/C18H24N4O3/c1-2-3-5-16(23)21-8-4-9-22(11-10-21)17(24)13-6-7-14-15(12-13)20-18(25)19-14/h6-7,12H,2-5,8-11H2,1H3,(H2,19,20,25). The second-order valence-corrected chi connectivity index (χ2v) is 6.47. The van der Waals surface area contributed by atoms with E-state index in [1.807, 2.05) is 4.90 Å². The molecule has 0 saturated carbocycles. The number of carbonyl (C=O) groups is 2. The van der Waals surface area contributed by atoms with Crippen molar-refractivity contribution in [2.24, 2.45) is 0 Å². The van der Waals surface area contributed by atoms with Gasteiger partial charge in [-0.2, -0.15) is 0 Å². The smallest absolute Gasteiger partial charge is 0.323 e. The molecule has 0 unspecified atom stereocenters. The Labute approximate surface area is 146 Å². The molecule has 7 heteroatoms. The van der Waals surface area contributed by atoms with Crippen molar-refractivity contribution in [1.29, 1.82) is 0 Å². The zero-order valence-electron chi connectivity index (χ0n) is 14.5. The van der Waals surface area contributed by atoms with E-state index in [-0.39, 0.29) is 17.5 Å². The summed E-state index contributed by atoms with van der Waals surface area (Å²) in [5, 5.41) is 0. The third kappa shape index (κ3) is 3.92. The van der Waals surface area contributed by atoms with E-state index < -0.39 is 0 Å². The number of hydrogen-bond acceptors (Lipinski definition) is 3. The van der Waals surface area contributed by atoms with Crippen molar-refractivity contribution >= 4 is 22.8 Å². The number of benzene rings is 1. The maximum absolute atomic E-state index is 12.8. The minimum Gasteiger partial charge on any atom is -0.341 e. The van der Waals surface area contributed by atoms with Crippen LogP contribution in [0.15, 0.2) is 23.0 Å². The van der Waals surface area contributed by atoms with Crippen LogP contribution in [0.3, 0.4) is 0 Å². The number of imidazole rings is 1. The molecule has 2 amide bonds. The van der Waals surface area contributed by atoms with Crippen LogP contribution < -0.4 is 5.69 Å². The molecule has 25 heavy (non-hydrogen) atoms. The Balaban J connectivity index is 1.67. The van der Waals surface area contributed by atoms with E-state index >= 15 is 0 Å². The van der Waals surface area contributed by atoms with Crippen molar-refractivity contribution in [3.05, 3.63) is 34.2 Å². The molecule has 2 N–H and O–H groups in total. The molecule has 134 valence electrons. The van der Waals surface area contributed by atoms with Crippen LogP contribution in [0, 0.1) is 0 Å². The van der Waals surface area contributed by atoms with E-state index in [1.165, 1.54) is 0 Å². The number of unbranched alkanes of at least 4 members (excludes halogenated alkanes) is 1. The molecule has 0 aliphatic carbocycles. The zero-order chi connectivity index (χ0) is 17.8. The molecule has 3 rings (SSSR count). The highest BCUT2D eigenvalue weighted by Gasteiger charge is 2.22. The minimum atomic E-state index is -0.282. The fourth-order valence-electron chi connectivity index (χ4n) is 3.20. The first-order chi connectivity index (χ1) is 12.1. The monoisotopic (exact) mass is 344 g/mol. The summed E-state index contributed by atoms with van der Waals surface area (Å²) >= 11 is 0. The molecule has 0 atom stereocenters. The number of H-pyrrole nitrogens is 2. The topological polar surface area (TPSA) is 89.3 Å². The van der Waals surface area contributed by atoms with Crippen LogP contribution in [0.25, 0.3) is 11.0 Å². The molecule has 2 heterocycles. The summed E-state index contributed by atoms with van der Waals surface area (Å²) in [6, 6.07) is 5.16. The third-order valence-electron chi connectivity index (χ3n) is 4.64. The predicted octanol–water partition coefficient (Wildman–Crippen LogP) is 1.72. The van der Waals surface area contributed by atoms with Gasteiger partial charge in [-0.25, -0.2) is 4.79 Å². The summed E-state index contributed by atoms with van der Waals surface area (Å²) in [7, 11) is 0. The molecule has 7 nitrogen and oxygen atoms in total. The van der Waals surface area contributed by atoms with Crippen LogP contribution in [0.1, 0.15) is 43.0 Å². The first-order valence-corrected chi connectivity index (χ1v) is 8.87. The highest BCUT2D eigenvalue weighted by Crippen LogP contribution is 2.14. The molecule has 0 bridgehead atoms. The highest BCUT2D eigenvalue weighted by atomic mass is 16.2. The maximum atomic E-state index is 12.8. The molecule has 1 aromatic carbocycles. The maximum Gasteiger partial charge on any atom is 0.323 e. The van der Waals surface area contributed by atoms with E-state index in [2.05, 4.69) is 16.9 Å². The molecular formula is C18H24N4O3. The summed E-state index contributed by atoms with van der Waals surface area (Å²) in [5.74, 6) is 0.120.